The minimum absolute atomic E-state index is 0.129. The maximum absolute atomic E-state index is 13.8. The highest BCUT2D eigenvalue weighted by Crippen LogP contribution is 2.39. The number of aliphatic carboxylic acids is 1. The summed E-state index contributed by atoms with van der Waals surface area (Å²) in [6.45, 7) is 5.34. The predicted molar refractivity (Wildman–Crippen MR) is 150 cm³/mol. The quantitative estimate of drug-likeness (QED) is 0.411. The molecule has 2 fully saturated rings. The topological polar surface area (TPSA) is 117 Å². The largest absolute Gasteiger partial charge is 0.497 e. The third-order valence-electron chi connectivity index (χ3n) is 7.51. The molecule has 4 rings (SSSR count). The van der Waals surface area contributed by atoms with E-state index in [1.54, 1.807) is 34.5 Å². The minimum Gasteiger partial charge on any atom is -0.497 e. The van der Waals surface area contributed by atoms with Crippen LogP contribution in [0.25, 0.3) is 0 Å². The number of carboxylic acid groups (broad SMARTS) is 1. The number of methoxy groups -OCH3 is 2. The second-order valence-corrected chi connectivity index (χ2v) is 12.1. The molecule has 11 heteroatoms. The van der Waals surface area contributed by atoms with Crippen LogP contribution in [0.2, 0.25) is 0 Å². The van der Waals surface area contributed by atoms with Gasteiger partial charge in [-0.2, -0.15) is 0 Å². The van der Waals surface area contributed by atoms with Crippen LogP contribution in [0.5, 0.6) is 11.5 Å². The summed E-state index contributed by atoms with van der Waals surface area (Å²) in [5, 5.41) is 9.19. The van der Waals surface area contributed by atoms with Crippen molar-refractivity contribution in [2.45, 2.75) is 50.0 Å². The molecule has 1 N–H and O–H groups in total. The van der Waals surface area contributed by atoms with Gasteiger partial charge >= 0.3 is 12.0 Å². The van der Waals surface area contributed by atoms with Crippen molar-refractivity contribution in [2.75, 3.05) is 40.4 Å². The zero-order valence-corrected chi connectivity index (χ0v) is 24.2. The molecule has 2 heterocycles. The molecule has 2 aromatic carbocycles. The van der Waals surface area contributed by atoms with Crippen LogP contribution >= 0.6 is 0 Å². The van der Waals surface area contributed by atoms with Crippen molar-refractivity contribution in [3.05, 3.63) is 53.6 Å². The van der Waals surface area contributed by atoms with E-state index in [-0.39, 0.29) is 24.3 Å². The van der Waals surface area contributed by atoms with Crippen molar-refractivity contribution in [1.29, 1.82) is 0 Å². The third-order valence-corrected chi connectivity index (χ3v) is 9.04. The Labute approximate surface area is 237 Å². The summed E-state index contributed by atoms with van der Waals surface area (Å²) < 4.78 is 26.1. The molecule has 0 bridgehead atoms. The van der Waals surface area contributed by atoms with Gasteiger partial charge in [-0.1, -0.05) is 32.0 Å². The summed E-state index contributed by atoms with van der Waals surface area (Å²) in [6.07, 6.45) is 1.08. The number of hydrogen-bond acceptors (Lipinski definition) is 6. The van der Waals surface area contributed by atoms with Crippen molar-refractivity contribution in [2.24, 2.45) is 5.92 Å². The number of piperidine rings is 1. The molecule has 1 unspecified atom stereocenters. The van der Waals surface area contributed by atoms with Gasteiger partial charge in [-0.3, -0.25) is 14.5 Å². The van der Waals surface area contributed by atoms with Gasteiger partial charge in [0.05, 0.1) is 25.5 Å². The lowest BCUT2D eigenvalue weighted by molar-refractivity contribution is -0.136. The first-order valence-corrected chi connectivity index (χ1v) is 14.5. The van der Waals surface area contributed by atoms with Gasteiger partial charge in [0.15, 0.2) is 0 Å². The Morgan fingerprint density at radius 2 is 1.68 bits per heavy atom. The van der Waals surface area contributed by atoms with Crippen LogP contribution in [0.4, 0.5) is 4.79 Å². The van der Waals surface area contributed by atoms with E-state index in [0.717, 1.165) is 11.3 Å². The average molecular weight is 572 g/mol. The molecule has 40 heavy (non-hydrogen) atoms. The molecule has 10 nitrogen and oxygen atoms in total. The van der Waals surface area contributed by atoms with Gasteiger partial charge in [0.1, 0.15) is 28.0 Å². The van der Waals surface area contributed by atoms with Crippen molar-refractivity contribution in [3.63, 3.8) is 0 Å². The number of amides is 3. The molecule has 2 aliphatic rings. The maximum Gasteiger partial charge on any atom is 0.327 e. The zero-order chi connectivity index (χ0) is 29.0. The predicted octanol–water partition coefficient (Wildman–Crippen LogP) is 3.35. The Morgan fingerprint density at radius 3 is 2.25 bits per heavy atom. The van der Waals surface area contributed by atoms with Crippen LogP contribution in [0.3, 0.4) is 0 Å². The number of benzene rings is 2. The summed E-state index contributed by atoms with van der Waals surface area (Å²) in [4.78, 5) is 42.1. The van der Waals surface area contributed by atoms with Gasteiger partial charge in [0, 0.05) is 26.2 Å². The molecule has 2 saturated heterocycles. The van der Waals surface area contributed by atoms with Gasteiger partial charge in [-0.25, -0.2) is 13.3 Å². The van der Waals surface area contributed by atoms with Gasteiger partial charge in [-0.05, 0) is 60.6 Å². The Kier molecular flexibility index (Phi) is 9.15. The van der Waals surface area contributed by atoms with E-state index in [4.69, 9.17) is 9.47 Å². The molecule has 3 amide bonds. The van der Waals surface area contributed by atoms with Crippen molar-refractivity contribution in [1.82, 2.24) is 14.1 Å². The van der Waals surface area contributed by atoms with E-state index in [1.165, 1.54) is 12.0 Å². The Morgan fingerprint density at radius 1 is 1.02 bits per heavy atom. The van der Waals surface area contributed by atoms with Crippen LogP contribution < -0.4 is 9.47 Å². The maximum atomic E-state index is 13.8. The molecule has 2 aliphatic heterocycles. The van der Waals surface area contributed by atoms with E-state index in [1.807, 2.05) is 38.1 Å². The minimum atomic E-state index is -1.63. The number of urea groups is 1. The highest BCUT2D eigenvalue weighted by Gasteiger charge is 2.58. The molecule has 0 aliphatic carbocycles. The van der Waals surface area contributed by atoms with Gasteiger partial charge < -0.3 is 19.5 Å². The normalized spacial score (nSPS) is 18.0. The molecule has 1 atom stereocenters. The molecule has 216 valence electrons. The summed E-state index contributed by atoms with van der Waals surface area (Å²) in [6, 6.07) is 12.3. The number of carbonyl (C=O) groups is 3. The lowest BCUT2D eigenvalue weighted by atomic mass is 9.86. The number of ether oxygens (including phenoxy) is 2. The number of rotatable bonds is 11. The zero-order valence-electron chi connectivity index (χ0n) is 23.4. The van der Waals surface area contributed by atoms with Crippen LogP contribution in [-0.4, -0.2) is 87.3 Å². The van der Waals surface area contributed by atoms with E-state index in [2.05, 4.69) is 0 Å². The van der Waals surface area contributed by atoms with E-state index < -0.39 is 22.5 Å². The fourth-order valence-electron chi connectivity index (χ4n) is 5.44. The molecule has 0 saturated carbocycles. The number of carboxylic acids is 1. The van der Waals surface area contributed by atoms with Crippen molar-refractivity contribution < 1.29 is 33.2 Å². The molecular formula is C29H37N3O7S. The first-order chi connectivity index (χ1) is 19.1. The SMILES string of the molecule is COc1ccc(CCN2C(=O)N(CC(C)C)C(=O)C23CCN(S(=O)c2cc(CC(=O)O)ccc2OC)CC3)cc1. The van der Waals surface area contributed by atoms with Gasteiger partial charge in [-0.15, -0.1) is 0 Å². The average Bonchev–Trinajstić information content (AvgIpc) is 3.12. The lowest BCUT2D eigenvalue weighted by Gasteiger charge is -2.41. The molecule has 2 aromatic rings. The summed E-state index contributed by atoms with van der Waals surface area (Å²) >= 11 is 0. The van der Waals surface area contributed by atoms with Crippen LogP contribution in [0, 0.1) is 5.92 Å². The van der Waals surface area contributed by atoms with E-state index in [0.29, 0.717) is 61.6 Å². The number of imide groups is 1. The van der Waals surface area contributed by atoms with E-state index >= 15 is 0 Å². The molecule has 0 radical (unpaired) electrons. The first kappa shape index (κ1) is 29.5. The van der Waals surface area contributed by atoms with Crippen molar-refractivity contribution >= 4 is 28.9 Å². The molecule has 1 spiro atoms. The van der Waals surface area contributed by atoms with Crippen LogP contribution in [0.15, 0.2) is 47.4 Å². The smallest absolute Gasteiger partial charge is 0.327 e. The highest BCUT2D eigenvalue weighted by molar-refractivity contribution is 7.82. The van der Waals surface area contributed by atoms with E-state index in [9.17, 15) is 23.7 Å². The fraction of sp³-hybridized carbons (Fsp3) is 0.483. The first-order valence-electron chi connectivity index (χ1n) is 13.4. The Balaban J connectivity index is 1.55. The standard InChI is InChI=1S/C29H37N3O7S/c1-20(2)19-31-27(35)29(32(28(31)36)14-11-21-5-8-23(38-3)9-6-21)12-15-30(16-13-29)40(37)25-17-22(18-26(33)34)7-10-24(25)39-4/h5-10,17,20H,11-16,18-19H2,1-4H3,(H,33,34). The number of nitrogens with zero attached hydrogens (tertiary/aromatic N) is 3. The summed E-state index contributed by atoms with van der Waals surface area (Å²) in [5.41, 5.74) is 0.565. The van der Waals surface area contributed by atoms with Crippen LogP contribution in [0.1, 0.15) is 37.8 Å². The molecular weight excluding hydrogens is 534 g/mol. The third kappa shape index (κ3) is 6.00. The Bertz CT molecular complexity index is 1270. The Hall–Kier alpha value is -3.44. The van der Waals surface area contributed by atoms with Crippen molar-refractivity contribution in [3.8, 4) is 11.5 Å². The molecule has 0 aromatic heterocycles. The number of hydrogen-bond donors (Lipinski definition) is 1. The summed E-state index contributed by atoms with van der Waals surface area (Å²) in [7, 11) is 1.45. The lowest BCUT2D eigenvalue weighted by Crippen LogP contribution is -2.57. The monoisotopic (exact) mass is 571 g/mol. The highest BCUT2D eigenvalue weighted by atomic mass is 32.2. The number of carbonyl (C=O) groups excluding carboxylic acids is 2. The second-order valence-electron chi connectivity index (χ2n) is 10.6. The van der Waals surface area contributed by atoms with Crippen LogP contribution in [-0.2, 0) is 33.4 Å². The van der Waals surface area contributed by atoms with Gasteiger partial charge in [0.25, 0.3) is 5.91 Å². The second kappa shape index (κ2) is 12.4. The van der Waals surface area contributed by atoms with Gasteiger partial charge in [0.2, 0.25) is 0 Å². The fourth-order valence-corrected chi connectivity index (χ4v) is 6.81. The summed E-state index contributed by atoms with van der Waals surface area (Å²) in [5.74, 6) is 0.120.